The maximum absolute atomic E-state index is 15.5. The molecule has 16 rings (SSSR count). The lowest BCUT2D eigenvalue weighted by atomic mass is 9.67. The zero-order valence-electron chi connectivity index (χ0n) is 51.3. The van der Waals surface area contributed by atoms with Crippen LogP contribution in [0.5, 0.6) is 34.5 Å². The molecule has 2 atom stereocenters. The number of hydrogen-bond donors (Lipinski definition) is 0. The van der Waals surface area contributed by atoms with Crippen LogP contribution in [0.3, 0.4) is 0 Å². The Morgan fingerprint density at radius 1 is 0.344 bits per heavy atom. The van der Waals surface area contributed by atoms with Gasteiger partial charge in [0.15, 0.2) is 0 Å². The predicted octanol–water partition coefficient (Wildman–Crippen LogP) is 23.1. The lowest BCUT2D eigenvalue weighted by Crippen LogP contribution is -2.29. The molecule has 0 saturated carbocycles. The minimum atomic E-state index is -0.937. The molecule has 0 saturated heterocycles. The molecule has 0 bridgehead atoms. The zero-order chi connectivity index (χ0) is 63.0. The first-order valence-corrected chi connectivity index (χ1v) is 31.4. The van der Waals surface area contributed by atoms with Gasteiger partial charge in [-0.3, -0.25) is 0 Å². The number of benzene rings is 13. The Morgan fingerprint density at radius 2 is 0.720 bits per heavy atom. The molecule has 13 aromatic rings. The molecule has 0 fully saturated rings. The molecule has 3 aliphatic rings. The second-order valence-corrected chi connectivity index (χ2v) is 24.7. The van der Waals surface area contributed by atoms with Crippen molar-refractivity contribution in [3.63, 3.8) is 0 Å². The third-order valence-corrected chi connectivity index (χ3v) is 19.3. The summed E-state index contributed by atoms with van der Waals surface area (Å²) in [5.41, 5.74) is 19.0. The summed E-state index contributed by atoms with van der Waals surface area (Å²) in [6, 6.07) is 101. The topological polar surface area (TPSA) is 30.9 Å². The van der Waals surface area contributed by atoms with E-state index in [0.717, 1.165) is 129 Å². The van der Waals surface area contributed by atoms with Crippen LogP contribution in [0, 0.1) is 11.6 Å². The van der Waals surface area contributed by atoms with Gasteiger partial charge in [-0.2, -0.15) is 0 Å². The second-order valence-electron chi connectivity index (χ2n) is 24.7. The molecule has 0 amide bonds. The summed E-state index contributed by atoms with van der Waals surface area (Å²) < 4.78 is 50.5. The highest BCUT2D eigenvalue weighted by Gasteiger charge is 2.49. The van der Waals surface area contributed by atoms with Crippen LogP contribution >= 0.6 is 0 Å². The van der Waals surface area contributed by atoms with E-state index in [2.05, 4.69) is 196 Å². The van der Waals surface area contributed by atoms with Crippen LogP contribution in [0.2, 0.25) is 0 Å². The molecule has 0 spiro atoms. The minimum absolute atomic E-state index is 0.320. The van der Waals surface area contributed by atoms with Crippen LogP contribution in [0.4, 0.5) is 25.8 Å². The summed E-state index contributed by atoms with van der Waals surface area (Å²) in [6.45, 7) is 12.4. The first-order chi connectivity index (χ1) is 45.5. The number of fused-ring (bicyclic) bond motifs is 8. The van der Waals surface area contributed by atoms with Gasteiger partial charge < -0.3 is 19.1 Å². The van der Waals surface area contributed by atoms with Gasteiger partial charge in [0.1, 0.15) is 46.1 Å². The molecule has 2 aliphatic carbocycles. The van der Waals surface area contributed by atoms with Crippen molar-refractivity contribution in [1.29, 1.82) is 0 Å². The maximum Gasteiger partial charge on any atom is 0.131 e. The lowest BCUT2D eigenvalue weighted by Gasteiger charge is -2.36. The van der Waals surface area contributed by atoms with Gasteiger partial charge in [-0.15, -0.1) is 0 Å². The number of hydrogen-bond acceptors (Lipinski definition) is 4. The van der Waals surface area contributed by atoms with Crippen molar-refractivity contribution in [3.05, 3.63) is 389 Å². The highest BCUT2D eigenvalue weighted by atomic mass is 19.1. The zero-order valence-corrected chi connectivity index (χ0v) is 51.3. The molecular weight excluding hydrogens is 1140 g/mol. The molecule has 1 heterocycles. The summed E-state index contributed by atoms with van der Waals surface area (Å²) in [5.74, 6) is 3.82. The monoisotopic (exact) mass is 1210 g/mol. The highest BCUT2D eigenvalue weighted by molar-refractivity contribution is 5.95. The fourth-order valence-electron chi connectivity index (χ4n) is 14.9. The van der Waals surface area contributed by atoms with Gasteiger partial charge >= 0.3 is 0 Å². The van der Waals surface area contributed by atoms with Gasteiger partial charge in [0.2, 0.25) is 0 Å². The fraction of sp³-hybridized carbons (Fsp3) is 0.0575. The van der Waals surface area contributed by atoms with E-state index in [9.17, 15) is 0 Å². The maximum atomic E-state index is 15.5. The van der Waals surface area contributed by atoms with Gasteiger partial charge in [0, 0.05) is 33.5 Å². The molecule has 0 aromatic heterocycles. The number of ether oxygens (including phenoxy) is 3. The summed E-state index contributed by atoms with van der Waals surface area (Å²) in [5, 5.41) is 0. The molecule has 0 N–H and O–H groups in total. The molecule has 6 heteroatoms. The average molecular weight is 1210 g/mol. The molecular formula is C87H61F2NO3. The smallest absolute Gasteiger partial charge is 0.131 e. The molecule has 1 aliphatic heterocycles. The molecule has 446 valence electrons. The van der Waals surface area contributed by atoms with Gasteiger partial charge in [-0.25, -0.2) is 8.78 Å². The molecule has 93 heavy (non-hydrogen) atoms. The van der Waals surface area contributed by atoms with E-state index in [0.29, 0.717) is 23.0 Å². The van der Waals surface area contributed by atoms with Crippen LogP contribution in [0.1, 0.15) is 80.6 Å². The summed E-state index contributed by atoms with van der Waals surface area (Å²) in [4.78, 5) is 2.40. The summed E-state index contributed by atoms with van der Waals surface area (Å²) in [6.07, 6.45) is 3.63. The predicted molar refractivity (Wildman–Crippen MR) is 373 cm³/mol. The fourth-order valence-corrected chi connectivity index (χ4v) is 14.9. The summed E-state index contributed by atoms with van der Waals surface area (Å²) in [7, 11) is 0. The number of anilines is 3. The molecule has 2 unspecified atom stereocenters. The highest BCUT2D eigenvalue weighted by Crippen LogP contribution is 2.61. The van der Waals surface area contributed by atoms with Crippen molar-refractivity contribution in [2.24, 2.45) is 0 Å². The Hall–Kier alpha value is -11.6. The largest absolute Gasteiger partial charge is 0.457 e. The Labute approximate surface area is 540 Å². The van der Waals surface area contributed by atoms with E-state index < -0.39 is 10.8 Å². The summed E-state index contributed by atoms with van der Waals surface area (Å²) >= 11 is 0. The Balaban J connectivity index is 0.926. The SMILES string of the molecule is C=Cc1ccc(Oc2ccc(C3(c4ccc(F)cc4)c4ccccc4-c4ccc(N(c5ccc6c(c5)C(c5ccc(F)cc5)(c5ccc(Oc7ccc(C=C)cc7)cc5)c5ccccc5-6)c5ccccc5-c5ccc6c(c5)C(C)(C)c5ccccc5O6)cc43)cc2)cc1. The Bertz CT molecular complexity index is 4830. The van der Waals surface area contributed by atoms with Gasteiger partial charge in [0.05, 0.1) is 16.5 Å². The Morgan fingerprint density at radius 3 is 1.18 bits per heavy atom. The van der Waals surface area contributed by atoms with E-state index in [1.54, 1.807) is 24.3 Å². The number of halogens is 2. The standard InChI is InChI=1S/C87H61F2NO3/c1-5-56-23-42-67(43-24-56)91-69-46-32-61(33-47-69)86(59-28-36-63(88)37-29-59)76-18-10-7-16-72(76)74-50-40-65(54-79(74)86)90(82-21-13-9-15-71(82)58-27-52-84-81(53-58)85(3,4)78-20-12-14-22-83(78)93-84)66-41-51-75-73-17-8-11-19-77(73)87(80(75)55-66,60-30-38-64(89)39-31-60)62-34-48-70(49-35-62)92-68-44-25-57(6-2)26-45-68/h5-55H,1-2H2,3-4H3. The van der Waals surface area contributed by atoms with Crippen LogP contribution < -0.4 is 19.1 Å². The number of nitrogens with zero attached hydrogens (tertiary/aromatic N) is 1. The van der Waals surface area contributed by atoms with Crippen molar-refractivity contribution in [2.45, 2.75) is 30.1 Å². The number of para-hydroxylation sites is 2. The van der Waals surface area contributed by atoms with E-state index >= 15 is 8.78 Å². The van der Waals surface area contributed by atoms with Crippen molar-refractivity contribution in [3.8, 4) is 67.9 Å². The first-order valence-electron chi connectivity index (χ1n) is 31.4. The van der Waals surface area contributed by atoms with Crippen LogP contribution in [0.25, 0.3) is 45.5 Å². The van der Waals surface area contributed by atoms with Gasteiger partial charge in [-0.05, 0) is 205 Å². The van der Waals surface area contributed by atoms with Crippen molar-refractivity contribution in [2.75, 3.05) is 4.90 Å². The number of rotatable bonds is 14. The third kappa shape index (κ3) is 9.23. The van der Waals surface area contributed by atoms with Crippen LogP contribution in [0.15, 0.2) is 310 Å². The average Bonchev–Trinajstić information content (AvgIpc) is 1.58. The minimum Gasteiger partial charge on any atom is -0.457 e. The normalized spacial score (nSPS) is 15.9. The lowest BCUT2D eigenvalue weighted by molar-refractivity contribution is 0.418. The quantitative estimate of drug-likeness (QED) is 0.109. The van der Waals surface area contributed by atoms with E-state index in [4.69, 9.17) is 14.2 Å². The Kier molecular flexibility index (Phi) is 13.6. The molecule has 0 radical (unpaired) electrons. The molecule has 13 aromatic carbocycles. The third-order valence-electron chi connectivity index (χ3n) is 19.3. The molecule has 4 nitrogen and oxygen atoms in total. The van der Waals surface area contributed by atoms with E-state index in [1.165, 1.54) is 0 Å². The van der Waals surface area contributed by atoms with E-state index in [-0.39, 0.29) is 17.0 Å². The first kappa shape index (κ1) is 56.6. The van der Waals surface area contributed by atoms with Gasteiger partial charge in [0.25, 0.3) is 0 Å². The van der Waals surface area contributed by atoms with Crippen molar-refractivity contribution < 1.29 is 23.0 Å². The van der Waals surface area contributed by atoms with Crippen molar-refractivity contribution in [1.82, 2.24) is 0 Å². The van der Waals surface area contributed by atoms with Crippen LogP contribution in [-0.2, 0) is 16.2 Å². The van der Waals surface area contributed by atoms with Crippen LogP contribution in [-0.4, -0.2) is 0 Å². The van der Waals surface area contributed by atoms with E-state index in [1.807, 2.05) is 121 Å². The van der Waals surface area contributed by atoms with Gasteiger partial charge in [-0.1, -0.05) is 215 Å². The second kappa shape index (κ2) is 22.4. The van der Waals surface area contributed by atoms with Crippen molar-refractivity contribution >= 4 is 29.2 Å².